The second-order valence-corrected chi connectivity index (χ2v) is 11.7. The van der Waals surface area contributed by atoms with Crippen LogP contribution in [0.2, 0.25) is 0 Å². The fourth-order valence-electron chi connectivity index (χ4n) is 4.62. The third-order valence-electron chi connectivity index (χ3n) is 6.20. The Balaban J connectivity index is 1.58. The molecule has 0 atom stereocenters. The number of hydrogen-bond acceptors (Lipinski definition) is 8. The highest BCUT2D eigenvalue weighted by atomic mass is 16.5. The number of fused-ring (bicyclic) bond motifs is 1. The van der Waals surface area contributed by atoms with Crippen molar-refractivity contribution in [2.75, 3.05) is 0 Å². The molecule has 0 saturated carbocycles. The third-order valence-corrected chi connectivity index (χ3v) is 6.20. The van der Waals surface area contributed by atoms with E-state index in [-0.39, 0.29) is 17.6 Å². The van der Waals surface area contributed by atoms with Crippen LogP contribution in [0.25, 0.3) is 33.5 Å². The molecule has 3 heterocycles. The second kappa shape index (κ2) is 11.0. The summed E-state index contributed by atoms with van der Waals surface area (Å²) in [4.78, 5) is 5.05. The topological polar surface area (TPSA) is 117 Å². The van der Waals surface area contributed by atoms with Crippen molar-refractivity contribution in [1.82, 2.24) is 40.4 Å². The van der Waals surface area contributed by atoms with E-state index in [9.17, 15) is 0 Å². The highest BCUT2D eigenvalue weighted by molar-refractivity contribution is 5.85. The van der Waals surface area contributed by atoms with Crippen LogP contribution >= 0.6 is 0 Å². The van der Waals surface area contributed by atoms with Crippen LogP contribution in [0.5, 0.6) is 11.8 Å². The van der Waals surface area contributed by atoms with Crippen molar-refractivity contribution in [3.05, 3.63) is 59.9 Å². The second-order valence-electron chi connectivity index (χ2n) is 11.7. The van der Waals surface area contributed by atoms with E-state index in [4.69, 9.17) is 14.5 Å². The van der Waals surface area contributed by atoms with Crippen LogP contribution in [0.4, 0.5) is 0 Å². The number of aromatic amines is 1. The molecule has 0 saturated heterocycles. The summed E-state index contributed by atoms with van der Waals surface area (Å²) in [6.07, 6.45) is 0.636. The summed E-state index contributed by atoms with van der Waals surface area (Å²) in [6, 6.07) is 16.6. The number of benzene rings is 2. The summed E-state index contributed by atoms with van der Waals surface area (Å²) < 4.78 is 14.3. The Morgan fingerprint density at radius 1 is 0.825 bits per heavy atom. The first-order chi connectivity index (χ1) is 19.1. The van der Waals surface area contributed by atoms with Crippen molar-refractivity contribution >= 4 is 11.0 Å². The fraction of sp³-hybridized carbons (Fsp3) is 0.400. The van der Waals surface area contributed by atoms with Crippen LogP contribution < -0.4 is 9.47 Å². The summed E-state index contributed by atoms with van der Waals surface area (Å²) >= 11 is 0. The van der Waals surface area contributed by atoms with Gasteiger partial charge in [0, 0.05) is 18.5 Å². The van der Waals surface area contributed by atoms with E-state index < -0.39 is 0 Å². The molecule has 5 aromatic rings. The number of H-pyrrole nitrogens is 1. The Morgan fingerprint density at radius 2 is 1.48 bits per heavy atom. The van der Waals surface area contributed by atoms with Crippen LogP contribution in [0, 0.1) is 5.41 Å². The minimum absolute atomic E-state index is 0.0151. The molecule has 2 aromatic carbocycles. The first kappa shape index (κ1) is 27.2. The summed E-state index contributed by atoms with van der Waals surface area (Å²) in [7, 11) is 0. The van der Waals surface area contributed by atoms with Gasteiger partial charge in [0.25, 0.3) is 11.8 Å². The third kappa shape index (κ3) is 5.95. The predicted molar refractivity (Wildman–Crippen MR) is 154 cm³/mol. The monoisotopic (exact) mass is 540 g/mol. The lowest BCUT2D eigenvalue weighted by Gasteiger charge is -2.19. The van der Waals surface area contributed by atoms with E-state index in [1.807, 2.05) is 45.9 Å². The van der Waals surface area contributed by atoms with Gasteiger partial charge in [0.05, 0.1) is 12.2 Å². The molecule has 0 amide bonds. The van der Waals surface area contributed by atoms with Crippen LogP contribution in [0.1, 0.15) is 59.9 Å². The first-order valence-electron chi connectivity index (χ1n) is 13.6. The van der Waals surface area contributed by atoms with Crippen LogP contribution in [0.3, 0.4) is 0 Å². The molecule has 0 radical (unpaired) electrons. The summed E-state index contributed by atoms with van der Waals surface area (Å²) in [6.45, 7) is 15.1. The number of ether oxygens (including phenoxy) is 2. The van der Waals surface area contributed by atoms with Gasteiger partial charge in [0.1, 0.15) is 11.3 Å². The number of imidazole rings is 1. The van der Waals surface area contributed by atoms with Crippen molar-refractivity contribution in [2.24, 2.45) is 5.41 Å². The summed E-state index contributed by atoms with van der Waals surface area (Å²) in [5.74, 6) is 2.45. The van der Waals surface area contributed by atoms with Crippen molar-refractivity contribution in [2.45, 2.75) is 73.6 Å². The minimum Gasteiger partial charge on any atom is -0.472 e. The Morgan fingerprint density at radius 3 is 2.10 bits per heavy atom. The molecule has 0 aliphatic rings. The Labute approximate surface area is 234 Å². The van der Waals surface area contributed by atoms with Gasteiger partial charge in [-0.15, -0.1) is 15.3 Å². The molecule has 0 aliphatic carbocycles. The molecule has 0 aliphatic heterocycles. The number of aromatic nitrogens is 8. The first-order valence-corrected chi connectivity index (χ1v) is 13.6. The maximum absolute atomic E-state index is 6.13. The van der Waals surface area contributed by atoms with Crippen molar-refractivity contribution in [1.29, 1.82) is 0 Å². The maximum Gasteiger partial charge on any atom is 0.262 e. The molecule has 40 heavy (non-hydrogen) atoms. The van der Waals surface area contributed by atoms with Gasteiger partial charge in [0.2, 0.25) is 0 Å². The lowest BCUT2D eigenvalue weighted by molar-refractivity contribution is 0.219. The zero-order chi connectivity index (χ0) is 28.4. The lowest BCUT2D eigenvalue weighted by Crippen LogP contribution is -2.16. The van der Waals surface area contributed by atoms with Crippen LogP contribution in [0.15, 0.2) is 48.5 Å². The Hall–Kier alpha value is -4.34. The van der Waals surface area contributed by atoms with E-state index in [0.29, 0.717) is 29.6 Å². The number of nitrogens with one attached hydrogen (secondary N) is 1. The minimum atomic E-state index is -0.0669. The molecule has 10 heteroatoms. The van der Waals surface area contributed by atoms with Crippen molar-refractivity contribution in [3.63, 3.8) is 0 Å². The predicted octanol–water partition coefficient (Wildman–Crippen LogP) is 5.88. The van der Waals surface area contributed by atoms with Gasteiger partial charge in [-0.3, -0.25) is 0 Å². The van der Waals surface area contributed by atoms with E-state index in [1.165, 1.54) is 0 Å². The standard InChI is InChI=1S/C30H36N8O2/c1-18(2)39-28-25-26(29(35-34-28)40-19(3)4)38(24(31-25)16-30(5,6)7)17-20-12-14-21(15-13-20)22-10-8-9-11-23(22)27-32-36-37-33-27/h8-15,18-19H,16-17H2,1-7H3,(H,32,33,36,37). The van der Waals surface area contributed by atoms with Gasteiger partial charge in [-0.05, 0) is 60.2 Å². The number of rotatable bonds is 9. The maximum atomic E-state index is 6.13. The van der Waals surface area contributed by atoms with Crippen molar-refractivity contribution in [3.8, 4) is 34.3 Å². The summed E-state index contributed by atoms with van der Waals surface area (Å²) in [5, 5.41) is 23.2. The largest absolute Gasteiger partial charge is 0.472 e. The quantitative estimate of drug-likeness (QED) is 0.246. The zero-order valence-corrected chi connectivity index (χ0v) is 24.1. The average molecular weight is 541 g/mol. The molecular formula is C30H36N8O2. The SMILES string of the molecule is CC(C)Oc1nnc(OC(C)C)c2c1nc(CC(C)(C)C)n2Cc1ccc(-c2ccccc2-c2nnn[nH]2)cc1. The molecule has 0 fully saturated rings. The molecule has 0 spiro atoms. The molecular weight excluding hydrogens is 504 g/mol. The van der Waals surface area contributed by atoms with E-state index in [0.717, 1.165) is 40.0 Å². The van der Waals surface area contributed by atoms with E-state index in [1.54, 1.807) is 0 Å². The fourth-order valence-corrected chi connectivity index (χ4v) is 4.62. The number of tetrazole rings is 1. The van der Waals surface area contributed by atoms with Gasteiger partial charge in [-0.25, -0.2) is 10.1 Å². The number of nitrogens with zero attached hydrogens (tertiary/aromatic N) is 7. The molecule has 0 unspecified atom stereocenters. The van der Waals surface area contributed by atoms with E-state index >= 15 is 0 Å². The molecule has 208 valence electrons. The van der Waals surface area contributed by atoms with Crippen molar-refractivity contribution < 1.29 is 9.47 Å². The van der Waals surface area contributed by atoms with Crippen LogP contribution in [-0.4, -0.2) is 52.6 Å². The Kier molecular flexibility index (Phi) is 7.51. The van der Waals surface area contributed by atoms with Gasteiger partial charge < -0.3 is 14.0 Å². The summed E-state index contributed by atoms with van der Waals surface area (Å²) in [5.41, 5.74) is 5.67. The molecule has 1 N–H and O–H groups in total. The highest BCUT2D eigenvalue weighted by Crippen LogP contribution is 2.35. The van der Waals surface area contributed by atoms with Gasteiger partial charge in [0.15, 0.2) is 11.3 Å². The smallest absolute Gasteiger partial charge is 0.262 e. The molecule has 3 aromatic heterocycles. The molecule has 10 nitrogen and oxygen atoms in total. The van der Waals surface area contributed by atoms with E-state index in [2.05, 4.69) is 86.5 Å². The normalized spacial score (nSPS) is 12.0. The molecule has 0 bridgehead atoms. The van der Waals surface area contributed by atoms with Gasteiger partial charge >= 0.3 is 0 Å². The number of hydrogen-bond donors (Lipinski definition) is 1. The lowest BCUT2D eigenvalue weighted by atomic mass is 9.92. The Bertz CT molecular complexity index is 1580. The highest BCUT2D eigenvalue weighted by Gasteiger charge is 2.25. The van der Waals surface area contributed by atoms with Gasteiger partial charge in [-0.1, -0.05) is 69.3 Å². The average Bonchev–Trinajstić information content (AvgIpc) is 3.54. The molecule has 5 rings (SSSR count). The van der Waals surface area contributed by atoms with Gasteiger partial charge in [-0.2, -0.15) is 0 Å². The zero-order valence-electron chi connectivity index (χ0n) is 24.1. The van der Waals surface area contributed by atoms with Crippen LogP contribution in [-0.2, 0) is 13.0 Å².